The number of amides is 1. The van der Waals surface area contributed by atoms with Crippen LogP contribution in [0.2, 0.25) is 0 Å². The van der Waals surface area contributed by atoms with Gasteiger partial charge in [-0.15, -0.1) is 0 Å². The van der Waals surface area contributed by atoms with Gasteiger partial charge in [0.15, 0.2) is 5.17 Å². The Kier molecular flexibility index (Phi) is 4.83. The molecule has 6 heteroatoms. The molecule has 2 aromatic carbocycles. The number of aliphatic imine (C=N–C) groups is 1. The van der Waals surface area contributed by atoms with Gasteiger partial charge in [-0.1, -0.05) is 30.0 Å². The Morgan fingerprint density at radius 3 is 2.22 bits per heavy atom. The maximum Gasteiger partial charge on any atom is 0.239 e. The molecular weight excluding hydrogens is 308 g/mol. The van der Waals surface area contributed by atoms with Crippen molar-refractivity contribution in [1.29, 1.82) is 0 Å². The summed E-state index contributed by atoms with van der Waals surface area (Å²) in [7, 11) is 0. The van der Waals surface area contributed by atoms with Crippen molar-refractivity contribution in [3.63, 3.8) is 0 Å². The standard InChI is InChI=1S/C17H16N4OS/c1-2-21-16(22)12-23-17(21)18-13-8-10-15(11-9-13)20-19-14-6-4-3-5-7-14/h3-11H,2,12H2,1H3. The van der Waals surface area contributed by atoms with Gasteiger partial charge in [0, 0.05) is 6.54 Å². The molecule has 0 aromatic heterocycles. The molecule has 0 atom stereocenters. The minimum absolute atomic E-state index is 0.115. The molecule has 1 aliphatic heterocycles. The van der Waals surface area contributed by atoms with Crippen LogP contribution in [-0.4, -0.2) is 28.3 Å². The van der Waals surface area contributed by atoms with Crippen molar-refractivity contribution in [3.05, 3.63) is 54.6 Å². The summed E-state index contributed by atoms with van der Waals surface area (Å²) in [5.74, 6) is 0.584. The molecular formula is C17H16N4OS. The molecule has 0 N–H and O–H groups in total. The zero-order chi connectivity index (χ0) is 16.1. The first-order valence-corrected chi connectivity index (χ1v) is 8.33. The van der Waals surface area contributed by atoms with Crippen molar-refractivity contribution in [2.45, 2.75) is 6.92 Å². The fourth-order valence-corrected chi connectivity index (χ4v) is 3.07. The Bertz CT molecular complexity index is 741. The van der Waals surface area contributed by atoms with Crippen molar-refractivity contribution in [1.82, 2.24) is 4.90 Å². The summed E-state index contributed by atoms with van der Waals surface area (Å²) in [6.07, 6.45) is 0. The van der Waals surface area contributed by atoms with E-state index in [4.69, 9.17) is 0 Å². The maximum absolute atomic E-state index is 11.7. The molecule has 0 aliphatic carbocycles. The molecule has 0 bridgehead atoms. The third-order valence-corrected chi connectivity index (χ3v) is 4.25. The lowest BCUT2D eigenvalue weighted by molar-refractivity contribution is -0.123. The van der Waals surface area contributed by atoms with Gasteiger partial charge in [-0.2, -0.15) is 10.2 Å². The van der Waals surface area contributed by atoms with E-state index in [2.05, 4.69) is 15.2 Å². The topological polar surface area (TPSA) is 57.4 Å². The van der Waals surface area contributed by atoms with E-state index in [-0.39, 0.29) is 5.91 Å². The predicted molar refractivity (Wildman–Crippen MR) is 94.0 cm³/mol. The van der Waals surface area contributed by atoms with E-state index >= 15 is 0 Å². The summed E-state index contributed by atoms with van der Waals surface area (Å²) in [4.78, 5) is 17.9. The van der Waals surface area contributed by atoms with Gasteiger partial charge in [0.2, 0.25) is 5.91 Å². The van der Waals surface area contributed by atoms with Crippen LogP contribution in [0.15, 0.2) is 69.8 Å². The highest BCUT2D eigenvalue weighted by atomic mass is 32.2. The molecule has 116 valence electrons. The Morgan fingerprint density at radius 1 is 0.957 bits per heavy atom. The molecule has 0 saturated carbocycles. The molecule has 1 amide bonds. The summed E-state index contributed by atoms with van der Waals surface area (Å²) >= 11 is 1.47. The van der Waals surface area contributed by atoms with Crippen molar-refractivity contribution in [3.8, 4) is 0 Å². The summed E-state index contributed by atoms with van der Waals surface area (Å²) in [5, 5.41) is 9.14. The van der Waals surface area contributed by atoms with Crippen LogP contribution >= 0.6 is 11.8 Å². The van der Waals surface area contributed by atoms with Crippen molar-refractivity contribution >= 4 is 39.9 Å². The third kappa shape index (κ3) is 3.84. The predicted octanol–water partition coefficient (Wildman–Crippen LogP) is 4.68. The van der Waals surface area contributed by atoms with Gasteiger partial charge in [0.25, 0.3) is 0 Å². The number of nitrogens with zero attached hydrogens (tertiary/aromatic N) is 4. The molecule has 2 aromatic rings. The van der Waals surface area contributed by atoms with Gasteiger partial charge in [-0.3, -0.25) is 9.69 Å². The SMILES string of the molecule is CCN1C(=O)CSC1=Nc1ccc(N=Nc2ccccc2)cc1. The van der Waals surface area contributed by atoms with Gasteiger partial charge < -0.3 is 0 Å². The first-order valence-electron chi connectivity index (χ1n) is 7.35. The molecule has 5 nitrogen and oxygen atoms in total. The lowest BCUT2D eigenvalue weighted by Gasteiger charge is -2.12. The number of hydrogen-bond acceptors (Lipinski definition) is 5. The molecule has 23 heavy (non-hydrogen) atoms. The normalized spacial score (nSPS) is 16.7. The van der Waals surface area contributed by atoms with Crippen molar-refractivity contribution in [2.24, 2.45) is 15.2 Å². The number of benzene rings is 2. The first-order chi connectivity index (χ1) is 11.3. The number of azo groups is 1. The number of amidine groups is 1. The molecule has 1 aliphatic rings. The lowest BCUT2D eigenvalue weighted by Crippen LogP contribution is -2.28. The zero-order valence-electron chi connectivity index (χ0n) is 12.7. The van der Waals surface area contributed by atoms with Gasteiger partial charge >= 0.3 is 0 Å². The van der Waals surface area contributed by atoms with Gasteiger partial charge in [-0.25, -0.2) is 4.99 Å². The minimum atomic E-state index is 0.115. The van der Waals surface area contributed by atoms with Crippen LogP contribution in [-0.2, 0) is 4.79 Å². The third-order valence-electron chi connectivity index (χ3n) is 3.28. The minimum Gasteiger partial charge on any atom is -0.291 e. The molecule has 1 saturated heterocycles. The fourth-order valence-electron chi connectivity index (χ4n) is 2.11. The van der Waals surface area contributed by atoms with Crippen LogP contribution in [0, 0.1) is 0 Å². The van der Waals surface area contributed by atoms with Crippen LogP contribution in [0.4, 0.5) is 17.1 Å². The highest BCUT2D eigenvalue weighted by molar-refractivity contribution is 8.15. The fraction of sp³-hybridized carbons (Fsp3) is 0.176. The Balaban J connectivity index is 1.72. The number of carbonyl (C=O) groups excluding carboxylic acids is 1. The average Bonchev–Trinajstić information content (AvgIpc) is 2.95. The van der Waals surface area contributed by atoms with E-state index in [9.17, 15) is 4.79 Å². The van der Waals surface area contributed by atoms with E-state index in [0.29, 0.717) is 12.3 Å². The van der Waals surface area contributed by atoms with Crippen LogP contribution < -0.4 is 0 Å². The molecule has 3 rings (SSSR count). The highest BCUT2D eigenvalue weighted by Crippen LogP contribution is 2.25. The van der Waals surface area contributed by atoms with E-state index in [1.165, 1.54) is 11.8 Å². The second-order valence-corrected chi connectivity index (χ2v) is 5.82. The van der Waals surface area contributed by atoms with Crippen LogP contribution in [0.1, 0.15) is 6.92 Å². The second kappa shape index (κ2) is 7.19. The molecule has 0 spiro atoms. The summed E-state index contributed by atoms with van der Waals surface area (Å²) in [5.41, 5.74) is 2.39. The van der Waals surface area contributed by atoms with Gasteiger partial charge in [0.05, 0.1) is 22.8 Å². The Hall–Kier alpha value is -2.47. The van der Waals surface area contributed by atoms with Crippen LogP contribution in [0.3, 0.4) is 0 Å². The molecule has 1 fully saturated rings. The van der Waals surface area contributed by atoms with Crippen molar-refractivity contribution in [2.75, 3.05) is 12.3 Å². The summed E-state index contributed by atoms with van der Waals surface area (Å²) in [6, 6.07) is 17.1. The number of hydrogen-bond donors (Lipinski definition) is 0. The number of thioether (sulfide) groups is 1. The zero-order valence-corrected chi connectivity index (χ0v) is 13.5. The monoisotopic (exact) mass is 324 g/mol. The van der Waals surface area contributed by atoms with E-state index in [1.54, 1.807) is 4.90 Å². The van der Waals surface area contributed by atoms with Crippen molar-refractivity contribution < 1.29 is 4.79 Å². The smallest absolute Gasteiger partial charge is 0.239 e. The first kappa shape index (κ1) is 15.4. The van der Waals surface area contributed by atoms with Crippen LogP contribution in [0.25, 0.3) is 0 Å². The van der Waals surface area contributed by atoms with Gasteiger partial charge in [0.1, 0.15) is 0 Å². The summed E-state index contributed by atoms with van der Waals surface area (Å²) in [6.45, 7) is 2.60. The molecule has 1 heterocycles. The number of carbonyl (C=O) groups is 1. The second-order valence-electron chi connectivity index (χ2n) is 4.87. The summed E-state index contributed by atoms with van der Waals surface area (Å²) < 4.78 is 0. The van der Waals surface area contributed by atoms with E-state index < -0.39 is 0 Å². The molecule has 0 radical (unpaired) electrons. The van der Waals surface area contributed by atoms with Gasteiger partial charge in [-0.05, 0) is 43.3 Å². The quantitative estimate of drug-likeness (QED) is 0.766. The average molecular weight is 324 g/mol. The largest absolute Gasteiger partial charge is 0.291 e. The van der Waals surface area contributed by atoms with E-state index in [0.717, 1.165) is 22.2 Å². The van der Waals surface area contributed by atoms with E-state index in [1.807, 2.05) is 61.5 Å². The molecule has 0 unspecified atom stereocenters. The number of rotatable bonds is 4. The Morgan fingerprint density at radius 2 is 1.57 bits per heavy atom. The Labute approximate surface area is 139 Å². The highest BCUT2D eigenvalue weighted by Gasteiger charge is 2.26. The van der Waals surface area contributed by atoms with Crippen LogP contribution in [0.5, 0.6) is 0 Å². The maximum atomic E-state index is 11.7. The lowest BCUT2D eigenvalue weighted by atomic mass is 10.3.